The lowest BCUT2D eigenvalue weighted by Gasteiger charge is -2.10. The summed E-state index contributed by atoms with van der Waals surface area (Å²) < 4.78 is 18.4. The van der Waals surface area contributed by atoms with Crippen molar-refractivity contribution in [1.82, 2.24) is 15.3 Å². The smallest absolute Gasteiger partial charge is 0.251 e. The number of amides is 1. The summed E-state index contributed by atoms with van der Waals surface area (Å²) in [4.78, 5) is 21.3. The fourth-order valence-corrected chi connectivity index (χ4v) is 3.12. The van der Waals surface area contributed by atoms with Crippen LogP contribution in [0.15, 0.2) is 85.1 Å². The van der Waals surface area contributed by atoms with Crippen LogP contribution in [0.2, 0.25) is 0 Å². The molecule has 7 heteroatoms. The molecule has 0 atom stereocenters. The molecule has 1 aromatic heterocycles. The molecule has 0 fully saturated rings. The van der Waals surface area contributed by atoms with Crippen LogP contribution >= 0.6 is 0 Å². The first-order chi connectivity index (χ1) is 15.6. The van der Waals surface area contributed by atoms with Crippen molar-refractivity contribution in [3.63, 3.8) is 0 Å². The number of ether oxygens (including phenoxy) is 1. The van der Waals surface area contributed by atoms with Gasteiger partial charge in [0.15, 0.2) is 5.82 Å². The molecule has 6 nitrogen and oxygen atoms in total. The van der Waals surface area contributed by atoms with Crippen molar-refractivity contribution in [1.29, 1.82) is 0 Å². The van der Waals surface area contributed by atoms with Crippen molar-refractivity contribution in [2.24, 2.45) is 0 Å². The normalized spacial score (nSPS) is 10.4. The molecule has 1 heterocycles. The molecule has 0 saturated carbocycles. The molecule has 0 aliphatic carbocycles. The van der Waals surface area contributed by atoms with Gasteiger partial charge in [0.1, 0.15) is 17.4 Å². The predicted molar refractivity (Wildman–Crippen MR) is 121 cm³/mol. The lowest BCUT2D eigenvalue weighted by molar-refractivity contribution is 0.0951. The van der Waals surface area contributed by atoms with E-state index >= 15 is 0 Å². The van der Waals surface area contributed by atoms with Gasteiger partial charge in [0.25, 0.3) is 5.91 Å². The first-order valence-electron chi connectivity index (χ1n) is 9.98. The monoisotopic (exact) mass is 428 g/mol. The van der Waals surface area contributed by atoms with E-state index in [1.807, 2.05) is 30.3 Å². The molecule has 2 N–H and O–H groups in total. The lowest BCUT2D eigenvalue weighted by atomic mass is 10.1. The molecule has 4 rings (SSSR count). The van der Waals surface area contributed by atoms with Crippen molar-refractivity contribution >= 4 is 17.4 Å². The molecule has 32 heavy (non-hydrogen) atoms. The van der Waals surface area contributed by atoms with Crippen LogP contribution in [0.4, 0.5) is 15.9 Å². The average Bonchev–Trinajstić information content (AvgIpc) is 2.83. The summed E-state index contributed by atoms with van der Waals surface area (Å²) in [7, 11) is 1.61. The highest BCUT2D eigenvalue weighted by Gasteiger charge is 2.08. The summed E-state index contributed by atoms with van der Waals surface area (Å²) in [5.74, 6) is 1.28. The zero-order valence-corrected chi connectivity index (χ0v) is 17.4. The molecule has 0 radical (unpaired) electrons. The zero-order valence-electron chi connectivity index (χ0n) is 17.4. The third-order valence-electron chi connectivity index (χ3n) is 4.74. The van der Waals surface area contributed by atoms with E-state index < -0.39 is 0 Å². The van der Waals surface area contributed by atoms with E-state index in [1.54, 1.807) is 49.7 Å². The largest absolute Gasteiger partial charge is 0.497 e. The van der Waals surface area contributed by atoms with Crippen molar-refractivity contribution in [3.05, 3.63) is 102 Å². The van der Waals surface area contributed by atoms with Crippen LogP contribution in [0, 0.1) is 5.82 Å². The van der Waals surface area contributed by atoms with E-state index in [4.69, 9.17) is 4.74 Å². The molecular formula is C25H21FN4O2. The number of carbonyl (C=O) groups is 1. The first kappa shape index (κ1) is 21.0. The van der Waals surface area contributed by atoms with Crippen LogP contribution in [0.25, 0.3) is 11.4 Å². The Hall–Kier alpha value is -4.26. The first-order valence-corrected chi connectivity index (χ1v) is 9.98. The maximum absolute atomic E-state index is 13.2. The summed E-state index contributed by atoms with van der Waals surface area (Å²) in [6.45, 7) is 0.390. The molecule has 0 bridgehead atoms. The van der Waals surface area contributed by atoms with Crippen molar-refractivity contribution in [2.75, 3.05) is 12.4 Å². The number of methoxy groups -OCH3 is 1. The third kappa shape index (κ3) is 5.26. The Morgan fingerprint density at radius 2 is 1.81 bits per heavy atom. The minimum Gasteiger partial charge on any atom is -0.497 e. The summed E-state index contributed by atoms with van der Waals surface area (Å²) >= 11 is 0. The van der Waals surface area contributed by atoms with Gasteiger partial charge in [0, 0.05) is 29.6 Å². The second kappa shape index (κ2) is 9.70. The number of halogens is 1. The minimum atomic E-state index is -0.315. The highest BCUT2D eigenvalue weighted by molar-refractivity contribution is 5.95. The van der Waals surface area contributed by atoms with Gasteiger partial charge in [0.05, 0.1) is 7.11 Å². The Morgan fingerprint density at radius 3 is 2.62 bits per heavy atom. The topological polar surface area (TPSA) is 76.1 Å². The Morgan fingerprint density at radius 1 is 1.00 bits per heavy atom. The number of hydrogen-bond acceptors (Lipinski definition) is 5. The molecule has 0 unspecified atom stereocenters. The zero-order chi connectivity index (χ0) is 22.3. The third-order valence-corrected chi connectivity index (χ3v) is 4.74. The fourth-order valence-electron chi connectivity index (χ4n) is 3.12. The van der Waals surface area contributed by atoms with Crippen LogP contribution in [-0.2, 0) is 6.54 Å². The summed E-state index contributed by atoms with van der Waals surface area (Å²) in [5, 5.41) is 6.10. The van der Waals surface area contributed by atoms with E-state index in [0.717, 1.165) is 11.3 Å². The number of hydrogen-bond donors (Lipinski definition) is 2. The SMILES string of the molecule is COc1cccc(CNC(=O)c2cccc(Nc3ccnc(-c4ccc(F)cc4)n3)c2)c1. The Bertz CT molecular complexity index is 1230. The number of rotatable bonds is 7. The number of nitrogens with zero attached hydrogens (tertiary/aromatic N) is 2. The van der Waals surface area contributed by atoms with Gasteiger partial charge >= 0.3 is 0 Å². The molecule has 3 aromatic carbocycles. The van der Waals surface area contributed by atoms with Crippen LogP contribution in [0.3, 0.4) is 0 Å². The molecule has 160 valence electrons. The van der Waals surface area contributed by atoms with Gasteiger partial charge in [-0.1, -0.05) is 18.2 Å². The quantitative estimate of drug-likeness (QED) is 0.435. The van der Waals surface area contributed by atoms with E-state index in [2.05, 4.69) is 20.6 Å². The lowest BCUT2D eigenvalue weighted by Crippen LogP contribution is -2.22. The molecule has 0 spiro atoms. The van der Waals surface area contributed by atoms with Gasteiger partial charge in [0.2, 0.25) is 0 Å². The second-order valence-electron chi connectivity index (χ2n) is 7.01. The number of nitrogens with one attached hydrogen (secondary N) is 2. The van der Waals surface area contributed by atoms with Crippen LogP contribution in [-0.4, -0.2) is 23.0 Å². The van der Waals surface area contributed by atoms with Crippen molar-refractivity contribution in [2.45, 2.75) is 6.54 Å². The van der Waals surface area contributed by atoms with Crippen LogP contribution < -0.4 is 15.4 Å². The number of carbonyl (C=O) groups excluding carboxylic acids is 1. The van der Waals surface area contributed by atoms with Gasteiger partial charge in [-0.05, 0) is 66.2 Å². The van der Waals surface area contributed by atoms with Crippen molar-refractivity contribution in [3.8, 4) is 17.1 Å². The van der Waals surface area contributed by atoms with E-state index in [-0.39, 0.29) is 11.7 Å². The molecular weight excluding hydrogens is 407 g/mol. The number of aromatic nitrogens is 2. The van der Waals surface area contributed by atoms with Crippen LogP contribution in [0.1, 0.15) is 15.9 Å². The summed E-state index contributed by atoms with van der Waals surface area (Å²) in [5.41, 5.74) is 2.88. The molecule has 0 saturated heterocycles. The van der Waals surface area contributed by atoms with Crippen LogP contribution in [0.5, 0.6) is 5.75 Å². The molecule has 1 amide bonds. The standard InChI is InChI=1S/C25H21FN4O2/c1-32-22-7-2-4-17(14-22)16-28-25(31)19-5-3-6-21(15-19)29-23-12-13-27-24(30-23)18-8-10-20(26)11-9-18/h2-15H,16H2,1H3,(H,28,31)(H,27,29,30). The van der Waals surface area contributed by atoms with E-state index in [1.165, 1.54) is 12.1 Å². The number of anilines is 2. The second-order valence-corrected chi connectivity index (χ2v) is 7.01. The highest BCUT2D eigenvalue weighted by Crippen LogP contribution is 2.20. The highest BCUT2D eigenvalue weighted by atomic mass is 19.1. The summed E-state index contributed by atoms with van der Waals surface area (Å²) in [6.07, 6.45) is 1.62. The van der Waals surface area contributed by atoms with Gasteiger partial charge < -0.3 is 15.4 Å². The predicted octanol–water partition coefficient (Wildman–Crippen LogP) is 4.96. The van der Waals surface area contributed by atoms with Crippen molar-refractivity contribution < 1.29 is 13.9 Å². The molecule has 4 aromatic rings. The molecule has 0 aliphatic heterocycles. The maximum atomic E-state index is 13.2. The van der Waals surface area contributed by atoms with E-state index in [0.29, 0.717) is 35.0 Å². The maximum Gasteiger partial charge on any atom is 0.251 e. The number of benzene rings is 3. The van der Waals surface area contributed by atoms with Gasteiger partial charge in [-0.2, -0.15) is 0 Å². The summed E-state index contributed by atoms with van der Waals surface area (Å²) in [6, 6.07) is 22.4. The van der Waals surface area contributed by atoms with E-state index in [9.17, 15) is 9.18 Å². The molecule has 0 aliphatic rings. The Balaban J connectivity index is 1.44. The van der Waals surface area contributed by atoms with Gasteiger partial charge in [-0.3, -0.25) is 4.79 Å². The Kier molecular flexibility index (Phi) is 6.36. The fraction of sp³-hybridized carbons (Fsp3) is 0.0800. The van der Waals surface area contributed by atoms with Gasteiger partial charge in [-0.25, -0.2) is 14.4 Å². The minimum absolute atomic E-state index is 0.189. The van der Waals surface area contributed by atoms with Gasteiger partial charge in [-0.15, -0.1) is 0 Å². The average molecular weight is 428 g/mol. The Labute approximate surface area is 185 Å².